The molecule has 2 heterocycles. The molecule has 0 aliphatic rings. The molecule has 0 aliphatic carbocycles. The first-order valence-electron chi connectivity index (χ1n) is 10.1. The van der Waals surface area contributed by atoms with Crippen molar-refractivity contribution < 1.29 is 18.0 Å². The highest BCUT2D eigenvalue weighted by Crippen LogP contribution is 2.32. The Morgan fingerprint density at radius 2 is 1.85 bits per heavy atom. The number of hydrogen-bond acceptors (Lipinski definition) is 3. The van der Waals surface area contributed by atoms with E-state index in [1.54, 1.807) is 12.3 Å². The summed E-state index contributed by atoms with van der Waals surface area (Å²) in [5.41, 5.74) is 4.02. The third-order valence-electron chi connectivity index (χ3n) is 5.53. The molecular weight excluding hydrogens is 429 g/mol. The number of hydrogen-bond donors (Lipinski definition) is 2. The second-order valence-corrected chi connectivity index (χ2v) is 7.73. The van der Waals surface area contributed by atoms with Crippen molar-refractivity contribution in [2.24, 2.45) is 0 Å². The number of fused-ring (bicyclic) bond motifs is 3. The summed E-state index contributed by atoms with van der Waals surface area (Å²) in [6.45, 7) is 1.95. The van der Waals surface area contributed by atoms with Gasteiger partial charge < -0.3 is 10.3 Å². The average Bonchev–Trinajstić information content (AvgIpc) is 3.17. The highest BCUT2D eigenvalue weighted by atomic mass is 19.4. The van der Waals surface area contributed by atoms with E-state index in [-0.39, 0.29) is 5.56 Å². The Hall–Kier alpha value is -4.20. The smallest absolute Gasteiger partial charge is 0.339 e. The van der Waals surface area contributed by atoms with Crippen LogP contribution < -0.4 is 5.32 Å². The molecule has 5 nitrogen and oxygen atoms in total. The summed E-state index contributed by atoms with van der Waals surface area (Å²) in [4.78, 5) is 24.2. The number of nitrogens with one attached hydrogen (secondary N) is 2. The molecule has 2 aromatic heterocycles. The summed E-state index contributed by atoms with van der Waals surface area (Å²) in [6.07, 6.45) is -1.27. The maximum Gasteiger partial charge on any atom is 0.416 e. The van der Waals surface area contributed by atoms with Crippen molar-refractivity contribution in [3.8, 4) is 11.1 Å². The zero-order valence-corrected chi connectivity index (χ0v) is 17.4. The number of alkyl halides is 3. The molecule has 5 rings (SSSR count). The van der Waals surface area contributed by atoms with Crippen molar-refractivity contribution in [1.29, 1.82) is 0 Å². The molecule has 33 heavy (non-hydrogen) atoms. The number of halogens is 3. The van der Waals surface area contributed by atoms with E-state index in [0.717, 1.165) is 50.8 Å². The minimum absolute atomic E-state index is 0.0624. The van der Waals surface area contributed by atoms with Gasteiger partial charge in [-0.2, -0.15) is 13.2 Å². The van der Waals surface area contributed by atoms with Crippen LogP contribution in [0.3, 0.4) is 0 Å². The fraction of sp³-hybridized carbons (Fsp3) is 0.0800. The van der Waals surface area contributed by atoms with Gasteiger partial charge in [-0.25, -0.2) is 9.97 Å². The number of carbonyl (C=O) groups excluding carboxylic acids is 1. The van der Waals surface area contributed by atoms with Gasteiger partial charge in [0.05, 0.1) is 5.56 Å². The molecule has 0 saturated carbocycles. The molecule has 0 aliphatic heterocycles. The Labute approximate surface area is 186 Å². The lowest BCUT2D eigenvalue weighted by Gasteiger charge is -2.12. The van der Waals surface area contributed by atoms with Crippen LogP contribution in [0.2, 0.25) is 0 Å². The fourth-order valence-corrected chi connectivity index (χ4v) is 3.85. The van der Waals surface area contributed by atoms with E-state index in [0.29, 0.717) is 5.69 Å². The van der Waals surface area contributed by atoms with Gasteiger partial charge in [0.1, 0.15) is 12.0 Å². The second kappa shape index (κ2) is 7.74. The van der Waals surface area contributed by atoms with Crippen LogP contribution in [0.25, 0.3) is 33.1 Å². The first-order chi connectivity index (χ1) is 15.8. The molecule has 0 spiro atoms. The predicted molar refractivity (Wildman–Crippen MR) is 121 cm³/mol. The topological polar surface area (TPSA) is 70.7 Å². The SMILES string of the molecule is Cc1ccc(NC(=O)c2cccc(C(F)(F)F)c2)cc1-c1ccc2c(c1)[nH]c1ncncc12. The minimum atomic E-state index is -4.51. The number of anilines is 1. The molecule has 2 N–H and O–H groups in total. The highest BCUT2D eigenvalue weighted by molar-refractivity contribution is 6.07. The van der Waals surface area contributed by atoms with Crippen molar-refractivity contribution in [2.45, 2.75) is 13.1 Å². The summed E-state index contributed by atoms with van der Waals surface area (Å²) >= 11 is 0. The van der Waals surface area contributed by atoms with Crippen molar-refractivity contribution in [2.75, 3.05) is 5.32 Å². The van der Waals surface area contributed by atoms with Crippen LogP contribution in [0, 0.1) is 6.92 Å². The maximum absolute atomic E-state index is 13.0. The monoisotopic (exact) mass is 446 g/mol. The molecule has 0 bridgehead atoms. The quantitative estimate of drug-likeness (QED) is 0.339. The number of aromatic nitrogens is 3. The maximum atomic E-state index is 13.0. The van der Waals surface area contributed by atoms with Gasteiger partial charge in [-0.3, -0.25) is 4.79 Å². The second-order valence-electron chi connectivity index (χ2n) is 7.73. The van der Waals surface area contributed by atoms with E-state index in [9.17, 15) is 18.0 Å². The van der Waals surface area contributed by atoms with Crippen LogP contribution in [0.15, 0.2) is 73.2 Å². The summed E-state index contributed by atoms with van der Waals surface area (Å²) in [5.74, 6) is -0.611. The Kier molecular flexibility index (Phi) is 4.85. The third kappa shape index (κ3) is 3.91. The van der Waals surface area contributed by atoms with Gasteiger partial charge >= 0.3 is 6.18 Å². The van der Waals surface area contributed by atoms with Crippen LogP contribution in [-0.2, 0) is 6.18 Å². The number of nitrogens with zero attached hydrogens (tertiary/aromatic N) is 2. The molecule has 164 valence electrons. The average molecular weight is 446 g/mol. The lowest BCUT2D eigenvalue weighted by molar-refractivity contribution is -0.137. The van der Waals surface area contributed by atoms with E-state index in [1.807, 2.05) is 37.3 Å². The molecular formula is C25H17F3N4O. The molecule has 8 heteroatoms. The van der Waals surface area contributed by atoms with E-state index >= 15 is 0 Å². The molecule has 5 aromatic rings. The van der Waals surface area contributed by atoms with Gasteiger partial charge in [-0.1, -0.05) is 24.3 Å². The summed E-state index contributed by atoms with van der Waals surface area (Å²) in [7, 11) is 0. The van der Waals surface area contributed by atoms with E-state index in [2.05, 4.69) is 20.3 Å². The summed E-state index contributed by atoms with van der Waals surface area (Å²) in [6, 6.07) is 15.7. The van der Waals surface area contributed by atoms with Crippen LogP contribution in [-0.4, -0.2) is 20.9 Å². The van der Waals surface area contributed by atoms with E-state index in [4.69, 9.17) is 0 Å². The molecule has 1 amide bonds. The van der Waals surface area contributed by atoms with Gasteiger partial charge in [0, 0.05) is 33.7 Å². The Morgan fingerprint density at radius 3 is 2.67 bits per heavy atom. The first kappa shape index (κ1) is 20.7. The molecule has 0 unspecified atom stereocenters. The van der Waals surface area contributed by atoms with Crippen LogP contribution in [0.1, 0.15) is 21.5 Å². The molecule has 0 fully saturated rings. The Bertz CT molecular complexity index is 1520. The number of amides is 1. The van der Waals surface area contributed by atoms with Gasteiger partial charge in [0.15, 0.2) is 0 Å². The molecule has 0 radical (unpaired) electrons. The largest absolute Gasteiger partial charge is 0.416 e. The van der Waals surface area contributed by atoms with Gasteiger partial charge in [-0.15, -0.1) is 0 Å². The lowest BCUT2D eigenvalue weighted by atomic mass is 9.98. The molecule has 0 saturated heterocycles. The first-order valence-corrected chi connectivity index (χ1v) is 10.1. The zero-order chi connectivity index (χ0) is 23.2. The Morgan fingerprint density at radius 1 is 1.00 bits per heavy atom. The normalized spacial score (nSPS) is 11.8. The standard InChI is InChI=1S/C25H17F3N4O/c1-14-5-7-18(31-24(33)16-3-2-4-17(9-16)25(26,27)28)11-20(14)15-6-8-19-21-12-29-13-30-23(21)32-22(19)10-15/h2-13H,1H3,(H,31,33)(H,29,30,32). The van der Waals surface area contributed by atoms with Crippen LogP contribution >= 0.6 is 0 Å². The number of benzene rings is 3. The molecule has 0 atom stereocenters. The van der Waals surface area contributed by atoms with E-state index in [1.165, 1.54) is 18.5 Å². The van der Waals surface area contributed by atoms with Crippen molar-refractivity contribution >= 4 is 33.5 Å². The Balaban J connectivity index is 1.47. The third-order valence-corrected chi connectivity index (χ3v) is 5.53. The van der Waals surface area contributed by atoms with Crippen molar-refractivity contribution in [3.63, 3.8) is 0 Å². The van der Waals surface area contributed by atoms with Crippen molar-refractivity contribution in [3.05, 3.63) is 89.9 Å². The number of rotatable bonds is 3. The predicted octanol–water partition coefficient (Wildman–Crippen LogP) is 6.36. The summed E-state index contributed by atoms with van der Waals surface area (Å²) in [5, 5.41) is 4.63. The zero-order valence-electron chi connectivity index (χ0n) is 17.4. The van der Waals surface area contributed by atoms with Crippen molar-refractivity contribution in [1.82, 2.24) is 15.0 Å². The minimum Gasteiger partial charge on any atom is -0.339 e. The lowest BCUT2D eigenvalue weighted by Crippen LogP contribution is -2.14. The van der Waals surface area contributed by atoms with Crippen LogP contribution in [0.5, 0.6) is 0 Å². The van der Waals surface area contributed by atoms with Gasteiger partial charge in [0.25, 0.3) is 5.91 Å². The fourth-order valence-electron chi connectivity index (χ4n) is 3.85. The number of carbonyl (C=O) groups is 1. The molecule has 3 aromatic carbocycles. The van der Waals surface area contributed by atoms with E-state index < -0.39 is 17.6 Å². The highest BCUT2D eigenvalue weighted by Gasteiger charge is 2.30. The number of aryl methyl sites for hydroxylation is 1. The van der Waals surface area contributed by atoms with Gasteiger partial charge in [0.2, 0.25) is 0 Å². The summed E-state index contributed by atoms with van der Waals surface area (Å²) < 4.78 is 38.9. The van der Waals surface area contributed by atoms with Gasteiger partial charge in [-0.05, 0) is 60.0 Å². The van der Waals surface area contributed by atoms with Crippen LogP contribution in [0.4, 0.5) is 18.9 Å². The number of aromatic amines is 1. The number of H-pyrrole nitrogens is 1.